The highest BCUT2D eigenvalue weighted by Gasteiger charge is 2.18. The third-order valence-electron chi connectivity index (χ3n) is 4.03. The average molecular weight is 332 g/mol. The maximum Gasteiger partial charge on any atom is 0.337 e. The Morgan fingerprint density at radius 3 is 2.96 bits per heavy atom. The van der Waals surface area contributed by atoms with E-state index in [1.807, 2.05) is 18.2 Å². The van der Waals surface area contributed by atoms with Gasteiger partial charge in [0.1, 0.15) is 5.01 Å². The molecule has 1 aromatic carbocycles. The number of aliphatic hydroxyl groups is 1. The molecule has 0 spiro atoms. The molecule has 1 fully saturated rings. The summed E-state index contributed by atoms with van der Waals surface area (Å²) in [7, 11) is 1.38. The van der Waals surface area contributed by atoms with Crippen LogP contribution in [0.3, 0.4) is 0 Å². The zero-order valence-electron chi connectivity index (χ0n) is 13.1. The van der Waals surface area contributed by atoms with E-state index in [4.69, 9.17) is 4.74 Å². The normalized spacial score (nSPS) is 16.4. The standard InChI is InChI=1S/C17H20N2O3S/c1-22-17(21)13-4-2-3-12(9-13)16-18-14(11-23-16)10-19-7-5-15(20)6-8-19/h2-4,9,11,15,20H,5-8,10H2,1H3. The van der Waals surface area contributed by atoms with E-state index in [1.54, 1.807) is 17.4 Å². The molecule has 0 unspecified atom stereocenters. The van der Waals surface area contributed by atoms with Crippen LogP contribution in [0.15, 0.2) is 29.6 Å². The lowest BCUT2D eigenvalue weighted by Crippen LogP contribution is -2.35. The third kappa shape index (κ3) is 3.96. The van der Waals surface area contributed by atoms with Gasteiger partial charge in [-0.2, -0.15) is 0 Å². The van der Waals surface area contributed by atoms with Crippen LogP contribution in [0.5, 0.6) is 0 Å². The summed E-state index contributed by atoms with van der Waals surface area (Å²) < 4.78 is 4.76. The first kappa shape index (κ1) is 16.1. The van der Waals surface area contributed by atoms with E-state index in [9.17, 15) is 9.90 Å². The molecule has 23 heavy (non-hydrogen) atoms. The lowest BCUT2D eigenvalue weighted by Gasteiger charge is -2.28. The molecule has 3 rings (SSSR count). The van der Waals surface area contributed by atoms with E-state index in [2.05, 4.69) is 15.3 Å². The molecule has 0 amide bonds. The van der Waals surface area contributed by atoms with Crippen LogP contribution in [0.2, 0.25) is 0 Å². The quantitative estimate of drug-likeness (QED) is 0.872. The molecular weight excluding hydrogens is 312 g/mol. The summed E-state index contributed by atoms with van der Waals surface area (Å²) in [6, 6.07) is 7.34. The molecule has 0 atom stereocenters. The highest BCUT2D eigenvalue weighted by atomic mass is 32.1. The van der Waals surface area contributed by atoms with Crippen molar-refractivity contribution in [2.45, 2.75) is 25.5 Å². The van der Waals surface area contributed by atoms with Gasteiger partial charge in [0.25, 0.3) is 0 Å². The first-order valence-electron chi connectivity index (χ1n) is 7.69. The first-order valence-corrected chi connectivity index (χ1v) is 8.57. The fraction of sp³-hybridized carbons (Fsp3) is 0.412. The van der Waals surface area contributed by atoms with Crippen molar-refractivity contribution in [2.75, 3.05) is 20.2 Å². The fourth-order valence-electron chi connectivity index (χ4n) is 2.72. The summed E-state index contributed by atoms with van der Waals surface area (Å²) in [6.07, 6.45) is 1.51. The summed E-state index contributed by atoms with van der Waals surface area (Å²) in [5.41, 5.74) is 2.50. The minimum atomic E-state index is -0.337. The molecule has 2 heterocycles. The molecule has 2 aromatic rings. The Labute approximate surface area is 139 Å². The van der Waals surface area contributed by atoms with Gasteiger partial charge < -0.3 is 9.84 Å². The zero-order valence-corrected chi connectivity index (χ0v) is 13.9. The molecule has 1 aliphatic rings. The fourth-order valence-corrected chi connectivity index (χ4v) is 3.52. The molecule has 1 N–H and O–H groups in total. The van der Waals surface area contributed by atoms with Crippen LogP contribution in [-0.4, -0.2) is 47.3 Å². The number of thiazole rings is 1. The SMILES string of the molecule is COC(=O)c1cccc(-c2nc(CN3CCC(O)CC3)cs2)c1. The molecule has 6 heteroatoms. The highest BCUT2D eigenvalue weighted by molar-refractivity contribution is 7.13. The number of hydrogen-bond acceptors (Lipinski definition) is 6. The Morgan fingerprint density at radius 2 is 2.22 bits per heavy atom. The van der Waals surface area contributed by atoms with Crippen LogP contribution in [0, 0.1) is 0 Å². The predicted molar refractivity (Wildman–Crippen MR) is 89.4 cm³/mol. The topological polar surface area (TPSA) is 62.7 Å². The third-order valence-corrected chi connectivity index (χ3v) is 4.97. The maximum atomic E-state index is 11.6. The van der Waals surface area contributed by atoms with Crippen molar-refractivity contribution in [1.82, 2.24) is 9.88 Å². The van der Waals surface area contributed by atoms with Crippen molar-refractivity contribution < 1.29 is 14.6 Å². The minimum Gasteiger partial charge on any atom is -0.465 e. The van der Waals surface area contributed by atoms with Crippen LogP contribution in [0.1, 0.15) is 28.9 Å². The maximum absolute atomic E-state index is 11.6. The number of ether oxygens (including phenoxy) is 1. The first-order chi connectivity index (χ1) is 11.2. The molecule has 122 valence electrons. The lowest BCUT2D eigenvalue weighted by molar-refractivity contribution is 0.0600. The van der Waals surface area contributed by atoms with Crippen molar-refractivity contribution in [2.24, 2.45) is 0 Å². The van der Waals surface area contributed by atoms with Gasteiger partial charge in [-0.25, -0.2) is 9.78 Å². The van der Waals surface area contributed by atoms with E-state index in [-0.39, 0.29) is 12.1 Å². The van der Waals surface area contributed by atoms with Crippen LogP contribution in [0.25, 0.3) is 10.6 Å². The van der Waals surface area contributed by atoms with Gasteiger partial charge >= 0.3 is 5.97 Å². The van der Waals surface area contributed by atoms with Crippen molar-refractivity contribution in [1.29, 1.82) is 0 Å². The number of piperidine rings is 1. The second kappa shape index (κ2) is 7.21. The molecule has 0 saturated carbocycles. The summed E-state index contributed by atoms with van der Waals surface area (Å²) in [4.78, 5) is 18.6. The smallest absolute Gasteiger partial charge is 0.337 e. The van der Waals surface area contributed by atoms with E-state index in [1.165, 1.54) is 7.11 Å². The number of rotatable bonds is 4. The summed E-state index contributed by atoms with van der Waals surface area (Å²) in [6.45, 7) is 2.62. The molecule has 1 saturated heterocycles. The van der Waals surface area contributed by atoms with Crippen LogP contribution in [-0.2, 0) is 11.3 Å². The monoisotopic (exact) mass is 332 g/mol. The Hall–Kier alpha value is -1.76. The Balaban J connectivity index is 1.70. The number of hydrogen-bond donors (Lipinski definition) is 1. The molecule has 0 bridgehead atoms. The van der Waals surface area contributed by atoms with E-state index in [0.717, 1.165) is 48.7 Å². The second-order valence-corrected chi connectivity index (χ2v) is 6.58. The number of carbonyl (C=O) groups excluding carboxylic acids is 1. The van der Waals surface area contributed by atoms with Gasteiger partial charge in [-0.15, -0.1) is 11.3 Å². The van der Waals surface area contributed by atoms with Crippen molar-refractivity contribution >= 4 is 17.3 Å². The lowest BCUT2D eigenvalue weighted by atomic mass is 10.1. The summed E-state index contributed by atoms with van der Waals surface area (Å²) in [5.74, 6) is -0.337. The number of carbonyl (C=O) groups is 1. The second-order valence-electron chi connectivity index (χ2n) is 5.72. The van der Waals surface area contributed by atoms with Gasteiger partial charge in [-0.05, 0) is 25.0 Å². The predicted octanol–water partition coefficient (Wildman–Crippen LogP) is 2.55. The van der Waals surface area contributed by atoms with E-state index >= 15 is 0 Å². The van der Waals surface area contributed by atoms with Crippen molar-refractivity contribution in [3.05, 3.63) is 40.9 Å². The summed E-state index contributed by atoms with van der Waals surface area (Å²) in [5, 5.41) is 12.5. The number of aromatic nitrogens is 1. The largest absolute Gasteiger partial charge is 0.465 e. The molecular formula is C17H20N2O3S. The van der Waals surface area contributed by atoms with E-state index < -0.39 is 0 Å². The number of aliphatic hydroxyl groups excluding tert-OH is 1. The summed E-state index contributed by atoms with van der Waals surface area (Å²) >= 11 is 1.58. The van der Waals surface area contributed by atoms with Crippen molar-refractivity contribution in [3.8, 4) is 10.6 Å². The Bertz CT molecular complexity index is 678. The Kier molecular flexibility index (Phi) is 5.05. The molecule has 0 radical (unpaired) electrons. The number of likely N-dealkylation sites (tertiary alicyclic amines) is 1. The molecule has 1 aromatic heterocycles. The van der Waals surface area contributed by atoms with Crippen molar-refractivity contribution in [3.63, 3.8) is 0 Å². The van der Waals surface area contributed by atoms with Crippen LogP contribution >= 0.6 is 11.3 Å². The van der Waals surface area contributed by atoms with Gasteiger partial charge in [-0.3, -0.25) is 4.90 Å². The van der Waals surface area contributed by atoms with Gasteiger partial charge in [0.15, 0.2) is 0 Å². The minimum absolute atomic E-state index is 0.154. The molecule has 5 nitrogen and oxygen atoms in total. The number of esters is 1. The molecule has 1 aliphatic heterocycles. The van der Waals surface area contributed by atoms with Gasteiger partial charge in [0.2, 0.25) is 0 Å². The molecule has 0 aliphatic carbocycles. The van der Waals surface area contributed by atoms with Gasteiger partial charge in [0, 0.05) is 30.6 Å². The average Bonchev–Trinajstić information content (AvgIpc) is 3.05. The van der Waals surface area contributed by atoms with Gasteiger partial charge in [-0.1, -0.05) is 12.1 Å². The van der Waals surface area contributed by atoms with Gasteiger partial charge in [0.05, 0.1) is 24.5 Å². The van der Waals surface area contributed by atoms with Crippen LogP contribution in [0.4, 0.5) is 0 Å². The highest BCUT2D eigenvalue weighted by Crippen LogP contribution is 2.26. The number of nitrogens with zero attached hydrogens (tertiary/aromatic N) is 2. The number of benzene rings is 1. The zero-order chi connectivity index (χ0) is 16.2. The number of methoxy groups -OCH3 is 1. The van der Waals surface area contributed by atoms with Crippen LogP contribution < -0.4 is 0 Å². The Morgan fingerprint density at radius 1 is 1.43 bits per heavy atom. The van der Waals surface area contributed by atoms with E-state index in [0.29, 0.717) is 5.56 Å².